The Morgan fingerprint density at radius 3 is 2.13 bits per heavy atom. The number of hydrogen-bond acceptors (Lipinski definition) is 1. The van der Waals surface area contributed by atoms with E-state index in [1.54, 1.807) is 0 Å². The lowest BCUT2D eigenvalue weighted by Gasteiger charge is -2.46. The molecule has 1 nitrogen and oxygen atoms in total. The summed E-state index contributed by atoms with van der Waals surface area (Å²) in [5.74, 6) is 0.473. The van der Waals surface area contributed by atoms with E-state index in [0.717, 1.165) is 19.3 Å². The fraction of sp³-hybridized carbons (Fsp3) is 0.917. The Labute approximate surface area is 102 Å². The predicted molar refractivity (Wildman–Crippen MR) is 63.4 cm³/mol. The van der Waals surface area contributed by atoms with Crippen LogP contribution in [0.3, 0.4) is 0 Å². The molecule has 0 aromatic rings. The molecule has 0 bridgehead atoms. The maximum Gasteiger partial charge on any atom is 0.179 e. The van der Waals surface area contributed by atoms with Gasteiger partial charge in [-0.25, -0.2) is 0 Å². The number of carbonyl (C=O) groups excluding carboxylic acids is 1. The van der Waals surface area contributed by atoms with Gasteiger partial charge in [0.05, 0.1) is 0 Å². The van der Waals surface area contributed by atoms with Gasteiger partial charge in [-0.1, -0.05) is 61.7 Å². The molecule has 2 rings (SSSR count). The van der Waals surface area contributed by atoms with E-state index in [1.165, 1.54) is 32.1 Å². The number of halogens is 2. The van der Waals surface area contributed by atoms with Crippen LogP contribution in [-0.2, 0) is 4.79 Å². The van der Waals surface area contributed by atoms with Gasteiger partial charge in [-0.3, -0.25) is 4.79 Å². The Kier molecular flexibility index (Phi) is 3.62. The Balaban J connectivity index is 1.99. The van der Waals surface area contributed by atoms with Crippen LogP contribution in [-0.4, -0.2) is 10.1 Å². The van der Waals surface area contributed by atoms with Gasteiger partial charge in [0, 0.05) is 11.8 Å². The highest BCUT2D eigenvalue weighted by Gasteiger charge is 2.59. The van der Waals surface area contributed by atoms with Gasteiger partial charge in [0.2, 0.25) is 0 Å². The first-order valence-electron chi connectivity index (χ1n) is 6.06. The van der Waals surface area contributed by atoms with Crippen molar-refractivity contribution in [1.29, 1.82) is 0 Å². The van der Waals surface area contributed by atoms with Gasteiger partial charge in [-0.2, -0.15) is 0 Å². The quantitative estimate of drug-likeness (QED) is 0.590. The van der Waals surface area contributed by atoms with Crippen LogP contribution in [0.15, 0.2) is 0 Å². The molecule has 15 heavy (non-hydrogen) atoms. The lowest BCUT2D eigenvalue weighted by atomic mass is 9.66. The molecular formula is C12H18Cl2O. The van der Waals surface area contributed by atoms with Crippen molar-refractivity contribution >= 4 is 29.0 Å². The van der Waals surface area contributed by atoms with Gasteiger partial charge in [0.25, 0.3) is 0 Å². The second-order valence-corrected chi connectivity index (χ2v) is 6.28. The highest BCUT2D eigenvalue weighted by Crippen LogP contribution is 2.53. The van der Waals surface area contributed by atoms with Crippen LogP contribution in [0.1, 0.15) is 51.4 Å². The molecule has 86 valence electrons. The van der Waals surface area contributed by atoms with Crippen LogP contribution in [0, 0.1) is 11.8 Å². The number of fused-ring (bicyclic) bond motifs is 1. The number of alkyl halides is 2. The molecule has 2 fully saturated rings. The molecule has 3 heteroatoms. The number of ketones is 1. The Hall–Kier alpha value is 0.250. The highest BCUT2D eigenvalue weighted by atomic mass is 35.5. The molecule has 0 amide bonds. The van der Waals surface area contributed by atoms with Crippen molar-refractivity contribution in [3.63, 3.8) is 0 Å². The Morgan fingerprint density at radius 1 is 0.933 bits per heavy atom. The third kappa shape index (κ3) is 2.19. The maximum absolute atomic E-state index is 11.7. The summed E-state index contributed by atoms with van der Waals surface area (Å²) in [5.41, 5.74) is 0. The minimum Gasteiger partial charge on any atom is -0.296 e. The van der Waals surface area contributed by atoms with Crippen molar-refractivity contribution in [2.45, 2.75) is 55.7 Å². The molecule has 2 saturated carbocycles. The number of Topliss-reactive ketones (excluding diaryl/α,β-unsaturated/α-hetero) is 1. The van der Waals surface area contributed by atoms with E-state index in [-0.39, 0.29) is 17.6 Å². The van der Waals surface area contributed by atoms with E-state index in [1.807, 2.05) is 0 Å². The number of hydrogen-bond donors (Lipinski definition) is 0. The maximum atomic E-state index is 11.7. The number of carbonyl (C=O) groups is 1. The minimum absolute atomic E-state index is 0.0800. The summed E-state index contributed by atoms with van der Waals surface area (Å²) in [7, 11) is 0. The second kappa shape index (κ2) is 4.63. The van der Waals surface area contributed by atoms with Crippen molar-refractivity contribution < 1.29 is 4.79 Å². The fourth-order valence-corrected chi connectivity index (χ4v) is 3.72. The summed E-state index contributed by atoms with van der Waals surface area (Å²) in [6.45, 7) is 0. The van der Waals surface area contributed by atoms with E-state index in [9.17, 15) is 4.79 Å². The van der Waals surface area contributed by atoms with Crippen molar-refractivity contribution in [1.82, 2.24) is 0 Å². The van der Waals surface area contributed by atoms with Crippen LogP contribution in [0.2, 0.25) is 0 Å². The van der Waals surface area contributed by atoms with Gasteiger partial charge < -0.3 is 0 Å². The van der Waals surface area contributed by atoms with Crippen LogP contribution in [0.4, 0.5) is 0 Å². The normalized spacial score (nSPS) is 36.5. The van der Waals surface area contributed by atoms with Crippen molar-refractivity contribution in [3.8, 4) is 0 Å². The Bertz CT molecular complexity index is 250. The molecule has 2 aliphatic rings. The van der Waals surface area contributed by atoms with Crippen LogP contribution < -0.4 is 0 Å². The molecule has 2 atom stereocenters. The van der Waals surface area contributed by atoms with E-state index < -0.39 is 4.33 Å². The van der Waals surface area contributed by atoms with E-state index >= 15 is 0 Å². The van der Waals surface area contributed by atoms with Crippen molar-refractivity contribution in [2.75, 3.05) is 0 Å². The monoisotopic (exact) mass is 248 g/mol. The largest absolute Gasteiger partial charge is 0.296 e. The van der Waals surface area contributed by atoms with Gasteiger partial charge >= 0.3 is 0 Å². The summed E-state index contributed by atoms with van der Waals surface area (Å²) in [6.07, 6.45) is 9.54. The third-order valence-electron chi connectivity index (χ3n) is 3.90. The molecule has 0 saturated heterocycles. The number of rotatable bonds is 0. The van der Waals surface area contributed by atoms with Crippen LogP contribution in [0.5, 0.6) is 0 Å². The molecule has 0 unspecified atom stereocenters. The first kappa shape index (κ1) is 11.7. The average molecular weight is 249 g/mol. The molecule has 0 N–H and O–H groups in total. The molecule has 0 spiro atoms. The Morgan fingerprint density at radius 2 is 1.47 bits per heavy atom. The summed E-state index contributed by atoms with van der Waals surface area (Å²) in [6, 6.07) is 0. The van der Waals surface area contributed by atoms with E-state index in [0.29, 0.717) is 0 Å². The van der Waals surface area contributed by atoms with Gasteiger partial charge in [-0.15, -0.1) is 0 Å². The smallest absolute Gasteiger partial charge is 0.179 e. The molecule has 0 aromatic heterocycles. The summed E-state index contributed by atoms with van der Waals surface area (Å²) >= 11 is 12.1. The minimum atomic E-state index is -1.05. The molecular weight excluding hydrogens is 231 g/mol. The highest BCUT2D eigenvalue weighted by molar-refractivity contribution is 6.60. The van der Waals surface area contributed by atoms with Gasteiger partial charge in [0.1, 0.15) is 0 Å². The third-order valence-corrected chi connectivity index (χ3v) is 4.83. The van der Waals surface area contributed by atoms with Crippen LogP contribution >= 0.6 is 23.2 Å². The van der Waals surface area contributed by atoms with E-state index in [4.69, 9.17) is 23.2 Å². The SMILES string of the molecule is O=C1[C@@H]2CCCCCCCC[C@@H]2C1(Cl)Cl. The summed E-state index contributed by atoms with van der Waals surface area (Å²) in [5, 5.41) is 0. The molecule has 2 aliphatic carbocycles. The lowest BCUT2D eigenvalue weighted by Crippen LogP contribution is -2.56. The van der Waals surface area contributed by atoms with Crippen LogP contribution in [0.25, 0.3) is 0 Å². The molecule has 0 heterocycles. The topological polar surface area (TPSA) is 17.1 Å². The molecule has 0 radical (unpaired) electrons. The van der Waals surface area contributed by atoms with Crippen molar-refractivity contribution in [2.24, 2.45) is 11.8 Å². The second-order valence-electron chi connectivity index (χ2n) is 4.90. The summed E-state index contributed by atoms with van der Waals surface area (Å²) in [4.78, 5) is 11.7. The first-order valence-corrected chi connectivity index (χ1v) is 6.82. The fourth-order valence-electron chi connectivity index (χ4n) is 2.92. The zero-order chi connectivity index (χ0) is 10.9. The lowest BCUT2D eigenvalue weighted by molar-refractivity contribution is -0.136. The summed E-state index contributed by atoms with van der Waals surface area (Å²) < 4.78 is -1.05. The molecule has 0 aliphatic heterocycles. The van der Waals surface area contributed by atoms with E-state index in [2.05, 4.69) is 0 Å². The zero-order valence-corrected chi connectivity index (χ0v) is 10.5. The first-order chi connectivity index (χ1) is 7.14. The predicted octanol–water partition coefficient (Wildman–Crippen LogP) is 4.11. The van der Waals surface area contributed by atoms with Gasteiger partial charge in [0.15, 0.2) is 10.1 Å². The molecule has 0 aromatic carbocycles. The van der Waals surface area contributed by atoms with Crippen molar-refractivity contribution in [3.05, 3.63) is 0 Å². The zero-order valence-electron chi connectivity index (χ0n) is 8.98. The van der Waals surface area contributed by atoms with Gasteiger partial charge in [-0.05, 0) is 12.8 Å². The average Bonchev–Trinajstić information content (AvgIpc) is 2.24. The standard InChI is InChI=1S/C12H18Cl2O/c13-12(14)10-8-6-4-2-1-3-5-7-9(10)11(12)15/h9-10H,1-8H2/t9-,10+/m1/s1.